The van der Waals surface area contributed by atoms with E-state index in [1.807, 2.05) is 18.2 Å². The predicted molar refractivity (Wildman–Crippen MR) is 54.8 cm³/mol. The zero-order valence-corrected chi connectivity index (χ0v) is 7.46. The van der Waals surface area contributed by atoms with E-state index in [0.29, 0.717) is 18.4 Å². The van der Waals surface area contributed by atoms with E-state index in [9.17, 15) is 0 Å². The van der Waals surface area contributed by atoms with E-state index < -0.39 is 0 Å². The molecular formula is C8H10N6. The van der Waals surface area contributed by atoms with Gasteiger partial charge in [-0.15, -0.1) is 0 Å². The van der Waals surface area contributed by atoms with E-state index in [-0.39, 0.29) is 5.96 Å². The first-order valence-corrected chi connectivity index (χ1v) is 4.10. The zero-order valence-electron chi connectivity index (χ0n) is 7.46. The number of anilines is 1. The van der Waals surface area contributed by atoms with Crippen molar-refractivity contribution in [1.82, 2.24) is 4.98 Å². The molecule has 2 heterocycles. The minimum atomic E-state index is 0.203. The maximum atomic E-state index is 5.68. The Labute approximate surface area is 81.0 Å². The average Bonchev–Trinajstić information content (AvgIpc) is 2.19. The first kappa shape index (κ1) is 8.49. The summed E-state index contributed by atoms with van der Waals surface area (Å²) in [6.45, 7) is 0.359. The van der Waals surface area contributed by atoms with Gasteiger partial charge in [-0.05, 0) is 12.1 Å². The largest absolute Gasteiger partial charge is 0.369 e. The number of nitrogens with zero attached hydrogens (tertiary/aromatic N) is 4. The molecule has 0 amide bonds. The predicted octanol–water partition coefficient (Wildman–Crippen LogP) is -0.511. The molecule has 6 heteroatoms. The van der Waals surface area contributed by atoms with Crippen LogP contribution in [-0.2, 0) is 0 Å². The molecule has 4 N–H and O–H groups in total. The lowest BCUT2D eigenvalue weighted by Crippen LogP contribution is -2.42. The lowest BCUT2D eigenvalue weighted by molar-refractivity contribution is 0.947. The Morgan fingerprint density at radius 3 is 2.79 bits per heavy atom. The lowest BCUT2D eigenvalue weighted by atomic mass is 10.4. The number of hydrogen-bond acceptors (Lipinski definition) is 6. The number of aliphatic imine (C=N–C) groups is 2. The molecule has 0 bridgehead atoms. The van der Waals surface area contributed by atoms with Crippen LogP contribution in [0, 0.1) is 0 Å². The van der Waals surface area contributed by atoms with Gasteiger partial charge in [0.2, 0.25) is 11.9 Å². The number of rotatable bonds is 1. The van der Waals surface area contributed by atoms with Crippen LogP contribution in [0.25, 0.3) is 0 Å². The Morgan fingerprint density at radius 2 is 2.14 bits per heavy atom. The third-order valence-electron chi connectivity index (χ3n) is 1.81. The molecule has 0 aliphatic carbocycles. The van der Waals surface area contributed by atoms with Gasteiger partial charge in [0.05, 0.1) is 0 Å². The standard InChI is InChI=1S/C8H10N6/c9-7-12-5-14(8(10)13-7)6-3-1-2-4-11-6/h1-4H,5H2,(H4,9,10,12,13). The van der Waals surface area contributed by atoms with Gasteiger partial charge in [0, 0.05) is 6.20 Å². The second-order valence-corrected chi connectivity index (χ2v) is 2.74. The van der Waals surface area contributed by atoms with Gasteiger partial charge in [-0.3, -0.25) is 4.90 Å². The fourth-order valence-electron chi connectivity index (χ4n) is 1.13. The Kier molecular flexibility index (Phi) is 2.02. The van der Waals surface area contributed by atoms with E-state index in [1.165, 1.54) is 0 Å². The lowest BCUT2D eigenvalue weighted by Gasteiger charge is -2.22. The van der Waals surface area contributed by atoms with Gasteiger partial charge in [0.1, 0.15) is 12.5 Å². The third kappa shape index (κ3) is 1.49. The smallest absolute Gasteiger partial charge is 0.220 e. The molecule has 0 fully saturated rings. The van der Waals surface area contributed by atoms with E-state index in [2.05, 4.69) is 15.0 Å². The van der Waals surface area contributed by atoms with Crippen LogP contribution in [0.4, 0.5) is 5.82 Å². The van der Waals surface area contributed by atoms with Crippen LogP contribution < -0.4 is 16.4 Å². The molecule has 0 radical (unpaired) electrons. The second kappa shape index (κ2) is 3.33. The van der Waals surface area contributed by atoms with Crippen molar-refractivity contribution in [1.29, 1.82) is 0 Å². The summed E-state index contributed by atoms with van der Waals surface area (Å²) in [6, 6.07) is 5.54. The summed E-state index contributed by atoms with van der Waals surface area (Å²) in [5, 5.41) is 0. The summed E-state index contributed by atoms with van der Waals surface area (Å²) < 4.78 is 0. The summed E-state index contributed by atoms with van der Waals surface area (Å²) in [5.41, 5.74) is 11.1. The van der Waals surface area contributed by atoms with E-state index in [0.717, 1.165) is 0 Å². The van der Waals surface area contributed by atoms with Gasteiger partial charge in [-0.25, -0.2) is 9.98 Å². The molecular weight excluding hydrogens is 180 g/mol. The quantitative estimate of drug-likeness (QED) is 0.623. The summed E-state index contributed by atoms with van der Waals surface area (Å²) in [7, 11) is 0. The Balaban J connectivity index is 2.27. The van der Waals surface area contributed by atoms with Crippen LogP contribution in [-0.4, -0.2) is 23.6 Å². The highest BCUT2D eigenvalue weighted by atomic mass is 15.4. The first-order chi connectivity index (χ1) is 6.77. The van der Waals surface area contributed by atoms with E-state index in [1.54, 1.807) is 11.1 Å². The van der Waals surface area contributed by atoms with Crippen molar-refractivity contribution in [2.24, 2.45) is 21.5 Å². The van der Waals surface area contributed by atoms with Crippen molar-refractivity contribution in [3.05, 3.63) is 24.4 Å². The van der Waals surface area contributed by atoms with Crippen LogP contribution in [0.2, 0.25) is 0 Å². The third-order valence-corrected chi connectivity index (χ3v) is 1.81. The number of hydrogen-bond donors (Lipinski definition) is 2. The highest BCUT2D eigenvalue weighted by Gasteiger charge is 2.14. The summed E-state index contributed by atoms with van der Waals surface area (Å²) >= 11 is 0. The van der Waals surface area contributed by atoms with Crippen LogP contribution in [0.15, 0.2) is 34.4 Å². The minimum absolute atomic E-state index is 0.203. The zero-order chi connectivity index (χ0) is 9.97. The molecule has 0 aromatic carbocycles. The highest BCUT2D eigenvalue weighted by molar-refractivity contribution is 6.03. The molecule has 14 heavy (non-hydrogen) atoms. The fourth-order valence-corrected chi connectivity index (χ4v) is 1.13. The number of guanidine groups is 2. The van der Waals surface area contributed by atoms with Gasteiger partial charge >= 0.3 is 0 Å². The van der Waals surface area contributed by atoms with Crippen molar-refractivity contribution < 1.29 is 0 Å². The first-order valence-electron chi connectivity index (χ1n) is 4.10. The SMILES string of the molecule is NC1=NCN(c2ccccn2)C(N)=N1. The van der Waals surface area contributed by atoms with Crippen molar-refractivity contribution in [3.8, 4) is 0 Å². The monoisotopic (exact) mass is 190 g/mol. The average molecular weight is 190 g/mol. The molecule has 1 aliphatic heterocycles. The molecule has 72 valence electrons. The van der Waals surface area contributed by atoms with Crippen LogP contribution >= 0.6 is 0 Å². The maximum absolute atomic E-state index is 5.68. The van der Waals surface area contributed by atoms with Gasteiger partial charge in [-0.2, -0.15) is 4.99 Å². The van der Waals surface area contributed by atoms with Crippen molar-refractivity contribution >= 4 is 17.7 Å². The molecule has 0 spiro atoms. The van der Waals surface area contributed by atoms with Crippen LogP contribution in [0.5, 0.6) is 0 Å². The maximum Gasteiger partial charge on any atom is 0.220 e. The summed E-state index contributed by atoms with van der Waals surface area (Å²) in [6.07, 6.45) is 1.68. The number of nitrogens with two attached hydrogens (primary N) is 2. The molecule has 1 aliphatic rings. The summed E-state index contributed by atoms with van der Waals surface area (Å²) in [5.74, 6) is 1.23. The van der Waals surface area contributed by atoms with Crippen LogP contribution in [0.1, 0.15) is 0 Å². The Bertz CT molecular complexity index is 382. The molecule has 1 aromatic rings. The summed E-state index contributed by atoms with van der Waals surface area (Å²) in [4.78, 5) is 13.6. The minimum Gasteiger partial charge on any atom is -0.369 e. The number of pyridine rings is 1. The van der Waals surface area contributed by atoms with Gasteiger partial charge in [0.25, 0.3) is 0 Å². The van der Waals surface area contributed by atoms with E-state index >= 15 is 0 Å². The van der Waals surface area contributed by atoms with Crippen LogP contribution in [0.3, 0.4) is 0 Å². The van der Waals surface area contributed by atoms with Crippen molar-refractivity contribution in [2.45, 2.75) is 0 Å². The Hall–Kier alpha value is -2.11. The number of aromatic nitrogens is 1. The highest BCUT2D eigenvalue weighted by Crippen LogP contribution is 2.10. The Morgan fingerprint density at radius 1 is 1.29 bits per heavy atom. The molecule has 0 saturated heterocycles. The van der Waals surface area contributed by atoms with Crippen molar-refractivity contribution in [3.63, 3.8) is 0 Å². The fraction of sp³-hybridized carbons (Fsp3) is 0.125. The molecule has 0 unspecified atom stereocenters. The molecule has 0 saturated carbocycles. The van der Waals surface area contributed by atoms with Gasteiger partial charge in [-0.1, -0.05) is 6.07 Å². The molecule has 2 rings (SSSR count). The molecule has 1 aromatic heterocycles. The van der Waals surface area contributed by atoms with Crippen molar-refractivity contribution in [2.75, 3.05) is 11.6 Å². The van der Waals surface area contributed by atoms with Gasteiger partial charge < -0.3 is 11.5 Å². The second-order valence-electron chi connectivity index (χ2n) is 2.74. The van der Waals surface area contributed by atoms with Gasteiger partial charge in [0.15, 0.2) is 0 Å². The normalized spacial score (nSPS) is 16.1. The van der Waals surface area contributed by atoms with E-state index in [4.69, 9.17) is 11.5 Å². The molecule has 0 atom stereocenters. The topological polar surface area (TPSA) is 92.9 Å². The molecule has 6 nitrogen and oxygen atoms in total.